The number of amides is 1. The zero-order valence-electron chi connectivity index (χ0n) is 19.5. The van der Waals surface area contributed by atoms with Crippen LogP contribution in [0.15, 0.2) is 83.7 Å². The molecule has 33 heavy (non-hydrogen) atoms. The molecule has 0 fully saturated rings. The highest BCUT2D eigenvalue weighted by atomic mass is 16.2. The number of carbonyl (C=O) groups is 1. The monoisotopic (exact) mass is 439 g/mol. The minimum absolute atomic E-state index is 0.158. The highest BCUT2D eigenvalue weighted by Gasteiger charge is 2.20. The van der Waals surface area contributed by atoms with Crippen molar-refractivity contribution in [1.29, 1.82) is 0 Å². The fraction of sp³-hybridized carbons (Fsp3) is 0.250. The van der Waals surface area contributed by atoms with Gasteiger partial charge in [-0.15, -0.1) is 0 Å². The van der Waals surface area contributed by atoms with Gasteiger partial charge in [0.2, 0.25) is 0 Å². The fourth-order valence-electron chi connectivity index (χ4n) is 4.00. The molecular weight excluding hydrogens is 410 g/mol. The number of aromatic nitrogens is 2. The third kappa shape index (κ3) is 5.03. The first-order valence-electron chi connectivity index (χ1n) is 11.2. The lowest BCUT2D eigenvalue weighted by Gasteiger charge is -2.20. The minimum atomic E-state index is -0.482. The van der Waals surface area contributed by atoms with Gasteiger partial charge in [-0.3, -0.25) is 14.2 Å². The summed E-state index contributed by atoms with van der Waals surface area (Å²) in [5.74, 6) is 0.287. The Balaban J connectivity index is 1.67. The van der Waals surface area contributed by atoms with Gasteiger partial charge in [0.1, 0.15) is 5.82 Å². The van der Waals surface area contributed by atoms with Gasteiger partial charge in [0.25, 0.3) is 11.5 Å². The normalized spacial score (nSPS) is 12.5. The molecule has 4 rings (SSSR count). The molecule has 0 saturated heterocycles. The van der Waals surface area contributed by atoms with Gasteiger partial charge in [-0.05, 0) is 60.7 Å². The minimum Gasteiger partial charge on any atom is -0.342 e. The van der Waals surface area contributed by atoms with E-state index in [-0.39, 0.29) is 16.9 Å². The molecule has 0 radical (unpaired) electrons. The lowest BCUT2D eigenvalue weighted by Crippen LogP contribution is -2.33. The molecule has 168 valence electrons. The third-order valence-electron chi connectivity index (χ3n) is 5.50. The summed E-state index contributed by atoms with van der Waals surface area (Å²) < 4.78 is 1.58. The van der Waals surface area contributed by atoms with E-state index in [4.69, 9.17) is 4.98 Å². The van der Waals surface area contributed by atoms with E-state index in [0.717, 1.165) is 6.42 Å². The van der Waals surface area contributed by atoms with E-state index >= 15 is 0 Å². The third-order valence-corrected chi connectivity index (χ3v) is 5.50. The maximum absolute atomic E-state index is 13.4. The molecule has 1 unspecified atom stereocenters. The Bertz CT molecular complexity index is 1330. The van der Waals surface area contributed by atoms with E-state index in [1.807, 2.05) is 79.7 Å². The van der Waals surface area contributed by atoms with Crippen LogP contribution in [0.1, 0.15) is 55.5 Å². The highest BCUT2D eigenvalue weighted by Crippen LogP contribution is 2.21. The summed E-state index contributed by atoms with van der Waals surface area (Å²) in [6.45, 7) is 8.43. The molecule has 0 bridgehead atoms. The summed E-state index contributed by atoms with van der Waals surface area (Å²) in [6.07, 6.45) is 0.940. The summed E-state index contributed by atoms with van der Waals surface area (Å²) in [6, 6.07) is 23.9. The van der Waals surface area contributed by atoms with Crippen molar-refractivity contribution in [3.63, 3.8) is 0 Å². The first-order chi connectivity index (χ1) is 15.7. The second-order valence-electron chi connectivity index (χ2n) is 9.59. The Hall–Kier alpha value is -3.73. The van der Waals surface area contributed by atoms with E-state index in [2.05, 4.69) is 26.1 Å². The SMILES string of the molecule is CC(NC(=O)c1ccc(CC(C)(C)C)cc1)c1nc2ccccc2c(=O)n1-c1ccccc1. The van der Waals surface area contributed by atoms with Crippen LogP contribution in [0.2, 0.25) is 0 Å². The molecule has 0 aliphatic carbocycles. The van der Waals surface area contributed by atoms with Crippen LogP contribution in [0.5, 0.6) is 0 Å². The van der Waals surface area contributed by atoms with Crippen molar-refractivity contribution in [2.45, 2.75) is 40.2 Å². The average Bonchev–Trinajstić information content (AvgIpc) is 2.79. The first kappa shape index (κ1) is 22.5. The largest absolute Gasteiger partial charge is 0.342 e. The van der Waals surface area contributed by atoms with Gasteiger partial charge in [0.15, 0.2) is 0 Å². The van der Waals surface area contributed by atoms with E-state index in [0.29, 0.717) is 28.0 Å². The molecular formula is C28H29N3O2. The zero-order valence-corrected chi connectivity index (χ0v) is 19.5. The summed E-state index contributed by atoms with van der Waals surface area (Å²) in [5.41, 5.74) is 3.12. The van der Waals surface area contributed by atoms with E-state index < -0.39 is 6.04 Å². The van der Waals surface area contributed by atoms with Crippen LogP contribution in [0.4, 0.5) is 0 Å². The van der Waals surface area contributed by atoms with Crippen molar-refractivity contribution < 1.29 is 4.79 Å². The van der Waals surface area contributed by atoms with Crippen LogP contribution in [-0.2, 0) is 6.42 Å². The molecule has 5 heteroatoms. The summed E-state index contributed by atoms with van der Waals surface area (Å²) in [4.78, 5) is 31.1. The number of nitrogens with one attached hydrogen (secondary N) is 1. The number of fused-ring (bicyclic) bond motifs is 1. The number of nitrogens with zero attached hydrogens (tertiary/aromatic N) is 2. The molecule has 1 aromatic heterocycles. The lowest BCUT2D eigenvalue weighted by atomic mass is 9.88. The summed E-state index contributed by atoms with van der Waals surface area (Å²) in [7, 11) is 0. The van der Waals surface area contributed by atoms with Crippen LogP contribution in [0.25, 0.3) is 16.6 Å². The van der Waals surface area contributed by atoms with Gasteiger partial charge in [0.05, 0.1) is 22.6 Å². The average molecular weight is 440 g/mol. The summed E-state index contributed by atoms with van der Waals surface area (Å²) >= 11 is 0. The number of hydrogen-bond donors (Lipinski definition) is 1. The number of rotatable bonds is 5. The molecule has 1 atom stereocenters. The molecule has 0 aliphatic heterocycles. The van der Waals surface area contributed by atoms with Crippen LogP contribution < -0.4 is 10.9 Å². The Kier molecular flexibility index (Phi) is 6.14. The Morgan fingerprint density at radius 2 is 1.58 bits per heavy atom. The Labute approximate surface area is 194 Å². The second-order valence-corrected chi connectivity index (χ2v) is 9.59. The van der Waals surface area contributed by atoms with Crippen molar-refractivity contribution in [1.82, 2.24) is 14.9 Å². The second kappa shape index (κ2) is 9.02. The predicted octanol–water partition coefficient (Wildman–Crippen LogP) is 5.47. The van der Waals surface area contributed by atoms with Crippen molar-refractivity contribution >= 4 is 16.8 Å². The van der Waals surface area contributed by atoms with E-state index in [1.54, 1.807) is 10.6 Å². The van der Waals surface area contributed by atoms with Crippen molar-refractivity contribution in [2.24, 2.45) is 5.41 Å². The Morgan fingerprint density at radius 1 is 0.939 bits per heavy atom. The molecule has 0 aliphatic rings. The Morgan fingerprint density at radius 3 is 2.24 bits per heavy atom. The zero-order chi connectivity index (χ0) is 23.6. The van der Waals surface area contributed by atoms with E-state index in [9.17, 15) is 9.59 Å². The van der Waals surface area contributed by atoms with Crippen LogP contribution in [-0.4, -0.2) is 15.5 Å². The molecule has 5 nitrogen and oxygen atoms in total. The quantitative estimate of drug-likeness (QED) is 0.449. The molecule has 3 aromatic carbocycles. The van der Waals surface area contributed by atoms with Gasteiger partial charge in [-0.25, -0.2) is 4.98 Å². The topological polar surface area (TPSA) is 64.0 Å². The predicted molar refractivity (Wildman–Crippen MR) is 133 cm³/mol. The van der Waals surface area contributed by atoms with Gasteiger partial charge in [-0.2, -0.15) is 0 Å². The van der Waals surface area contributed by atoms with Crippen molar-refractivity contribution in [3.8, 4) is 5.69 Å². The maximum atomic E-state index is 13.4. The lowest BCUT2D eigenvalue weighted by molar-refractivity contribution is 0.0938. The highest BCUT2D eigenvalue weighted by molar-refractivity contribution is 5.94. The summed E-state index contributed by atoms with van der Waals surface area (Å²) in [5, 5.41) is 3.56. The van der Waals surface area contributed by atoms with Crippen molar-refractivity contribution in [2.75, 3.05) is 0 Å². The number of para-hydroxylation sites is 2. The number of carbonyl (C=O) groups excluding carboxylic acids is 1. The van der Waals surface area contributed by atoms with Crippen LogP contribution >= 0.6 is 0 Å². The van der Waals surface area contributed by atoms with Gasteiger partial charge >= 0.3 is 0 Å². The fourth-order valence-corrected chi connectivity index (χ4v) is 4.00. The van der Waals surface area contributed by atoms with Crippen LogP contribution in [0.3, 0.4) is 0 Å². The molecule has 1 N–H and O–H groups in total. The standard InChI is InChI=1S/C28H29N3O2/c1-19(29-26(32)21-16-14-20(15-17-21)18-28(2,3)4)25-30-24-13-9-8-12-23(24)27(33)31(25)22-10-6-5-7-11-22/h5-17,19H,18H2,1-4H3,(H,29,32). The maximum Gasteiger partial charge on any atom is 0.266 e. The molecule has 0 spiro atoms. The van der Waals surface area contributed by atoms with Gasteiger partial charge in [0, 0.05) is 5.56 Å². The van der Waals surface area contributed by atoms with Crippen LogP contribution in [0, 0.1) is 5.41 Å². The molecule has 0 saturated carbocycles. The number of hydrogen-bond acceptors (Lipinski definition) is 3. The van der Waals surface area contributed by atoms with E-state index in [1.165, 1.54) is 5.56 Å². The van der Waals surface area contributed by atoms with Gasteiger partial charge in [-0.1, -0.05) is 63.2 Å². The molecule has 1 heterocycles. The first-order valence-corrected chi connectivity index (χ1v) is 11.2. The molecule has 1 amide bonds. The number of benzene rings is 3. The van der Waals surface area contributed by atoms with Crippen molar-refractivity contribution in [3.05, 3.63) is 106 Å². The smallest absolute Gasteiger partial charge is 0.266 e. The molecule has 4 aromatic rings. The van der Waals surface area contributed by atoms with Gasteiger partial charge < -0.3 is 5.32 Å².